The highest BCUT2D eigenvalue weighted by Gasteiger charge is 2.17. The molecule has 0 fully saturated rings. The first-order chi connectivity index (χ1) is 11.9. The molecule has 0 atom stereocenters. The lowest BCUT2D eigenvalue weighted by Gasteiger charge is -2.05. The monoisotopic (exact) mass is 326 g/mol. The molecule has 6 aromatic rings. The largest absolute Gasteiger partial charge is 0.279 e. The number of pyridine rings is 2. The maximum absolute atomic E-state index is 4.37. The van der Waals surface area contributed by atoms with Gasteiger partial charge in [-0.2, -0.15) is 0 Å². The van der Waals surface area contributed by atoms with Crippen molar-refractivity contribution in [3.63, 3.8) is 0 Å². The molecule has 4 heterocycles. The smallest absolute Gasteiger partial charge is 0.179 e. The lowest BCUT2D eigenvalue weighted by Crippen LogP contribution is -1.89. The molecule has 5 heteroatoms. The van der Waals surface area contributed by atoms with Crippen LogP contribution in [0.15, 0.2) is 61.2 Å². The van der Waals surface area contributed by atoms with Crippen LogP contribution in [0.1, 0.15) is 0 Å². The first-order valence-corrected chi connectivity index (χ1v) is 8.53. The second-order valence-electron chi connectivity index (χ2n) is 5.88. The Hall–Kier alpha value is -3.05. The molecule has 6 rings (SSSR count). The van der Waals surface area contributed by atoms with E-state index in [-0.39, 0.29) is 0 Å². The zero-order valence-electron chi connectivity index (χ0n) is 12.5. The number of rotatable bonds is 0. The van der Waals surface area contributed by atoms with Gasteiger partial charge in [-0.3, -0.25) is 9.38 Å². The van der Waals surface area contributed by atoms with Gasteiger partial charge in [-0.05, 0) is 22.9 Å². The van der Waals surface area contributed by atoms with E-state index in [0.717, 1.165) is 11.2 Å². The zero-order chi connectivity index (χ0) is 15.7. The topological polar surface area (TPSA) is 43.1 Å². The van der Waals surface area contributed by atoms with Crippen LogP contribution in [0.3, 0.4) is 0 Å². The highest BCUT2D eigenvalue weighted by Crippen LogP contribution is 2.43. The zero-order valence-corrected chi connectivity index (χ0v) is 13.3. The first kappa shape index (κ1) is 12.4. The van der Waals surface area contributed by atoms with E-state index in [2.05, 4.69) is 57.6 Å². The van der Waals surface area contributed by atoms with Gasteiger partial charge in [0.2, 0.25) is 0 Å². The molecule has 0 bridgehead atoms. The molecule has 0 aliphatic rings. The van der Waals surface area contributed by atoms with E-state index in [1.807, 2.05) is 16.8 Å². The Labute approximate surface area is 140 Å². The molecular weight excluding hydrogens is 316 g/mol. The number of hydrogen-bond donors (Lipinski definition) is 0. The van der Waals surface area contributed by atoms with Gasteiger partial charge in [0.25, 0.3) is 0 Å². The number of benzene rings is 2. The number of hydrogen-bond acceptors (Lipinski definition) is 4. The summed E-state index contributed by atoms with van der Waals surface area (Å²) < 4.78 is 4.48. The first-order valence-electron chi connectivity index (χ1n) is 7.71. The van der Waals surface area contributed by atoms with Crippen molar-refractivity contribution in [2.45, 2.75) is 0 Å². The molecule has 4 nitrogen and oxygen atoms in total. The van der Waals surface area contributed by atoms with Crippen LogP contribution in [0, 0.1) is 0 Å². The summed E-state index contributed by atoms with van der Waals surface area (Å²) in [5, 5.41) is 14.8. The van der Waals surface area contributed by atoms with E-state index < -0.39 is 0 Å². The molecule has 0 saturated heterocycles. The van der Waals surface area contributed by atoms with Crippen molar-refractivity contribution < 1.29 is 0 Å². The Morgan fingerprint density at radius 1 is 0.917 bits per heavy atom. The van der Waals surface area contributed by atoms with Gasteiger partial charge in [-0.15, -0.1) is 21.5 Å². The summed E-state index contributed by atoms with van der Waals surface area (Å²) in [6.45, 7) is 0. The maximum atomic E-state index is 4.37. The van der Waals surface area contributed by atoms with Gasteiger partial charge in [-0.25, -0.2) is 0 Å². The minimum Gasteiger partial charge on any atom is -0.279 e. The Morgan fingerprint density at radius 2 is 1.88 bits per heavy atom. The van der Waals surface area contributed by atoms with Crippen molar-refractivity contribution in [1.29, 1.82) is 0 Å². The normalized spacial score (nSPS) is 12.2. The van der Waals surface area contributed by atoms with E-state index >= 15 is 0 Å². The second kappa shape index (κ2) is 4.27. The quantitative estimate of drug-likeness (QED) is 0.403. The number of aromatic nitrogens is 4. The summed E-state index contributed by atoms with van der Waals surface area (Å²) in [7, 11) is 0. The SMILES string of the molecule is c1ccc2c(c1)ccc1sc3c(c4ccncc4n4cnnc34)c12. The Kier molecular flexibility index (Phi) is 2.20. The highest BCUT2D eigenvalue weighted by atomic mass is 32.1. The molecule has 0 radical (unpaired) electrons. The number of fused-ring (bicyclic) bond motifs is 10. The van der Waals surface area contributed by atoms with Gasteiger partial charge in [-0.1, -0.05) is 30.3 Å². The standard InChI is InChI=1S/C19H10N4S/c1-2-4-12-11(3-1)5-6-15-16(12)17-13-7-8-20-9-14(13)23-10-21-22-19(23)18(17)24-15/h1-10H. The summed E-state index contributed by atoms with van der Waals surface area (Å²) in [4.78, 5) is 4.30. The lowest BCUT2D eigenvalue weighted by molar-refractivity contribution is 1.11. The van der Waals surface area contributed by atoms with Gasteiger partial charge in [0.05, 0.1) is 16.4 Å². The Bertz CT molecular complexity index is 1410. The summed E-state index contributed by atoms with van der Waals surface area (Å²) in [6.07, 6.45) is 5.51. The third kappa shape index (κ3) is 1.40. The molecule has 0 N–H and O–H groups in total. The summed E-state index contributed by atoms with van der Waals surface area (Å²) >= 11 is 1.78. The summed E-state index contributed by atoms with van der Waals surface area (Å²) in [5.74, 6) is 0. The molecule has 2 aromatic carbocycles. The van der Waals surface area contributed by atoms with Crippen molar-refractivity contribution in [2.24, 2.45) is 0 Å². The average Bonchev–Trinajstić information content (AvgIpc) is 3.26. The van der Waals surface area contributed by atoms with Gasteiger partial charge >= 0.3 is 0 Å². The number of nitrogens with zero attached hydrogens (tertiary/aromatic N) is 4. The predicted octanol–water partition coefficient (Wildman–Crippen LogP) is 4.80. The van der Waals surface area contributed by atoms with E-state index in [0.29, 0.717) is 0 Å². The molecule has 0 aliphatic heterocycles. The third-order valence-electron chi connectivity index (χ3n) is 4.66. The molecule has 0 aliphatic carbocycles. The van der Waals surface area contributed by atoms with E-state index in [4.69, 9.17) is 0 Å². The van der Waals surface area contributed by atoms with Crippen LogP contribution in [0.25, 0.3) is 47.5 Å². The van der Waals surface area contributed by atoms with Crippen LogP contribution >= 0.6 is 11.3 Å². The molecule has 4 aromatic heterocycles. The third-order valence-corrected chi connectivity index (χ3v) is 5.81. The fourth-order valence-electron chi connectivity index (χ4n) is 3.64. The van der Waals surface area contributed by atoms with Gasteiger partial charge in [0.15, 0.2) is 5.65 Å². The van der Waals surface area contributed by atoms with Crippen molar-refractivity contribution in [3.05, 3.63) is 61.2 Å². The van der Waals surface area contributed by atoms with Gasteiger partial charge in [0, 0.05) is 27.1 Å². The maximum Gasteiger partial charge on any atom is 0.179 e. The molecule has 24 heavy (non-hydrogen) atoms. The molecule has 0 saturated carbocycles. The summed E-state index contributed by atoms with van der Waals surface area (Å²) in [6, 6.07) is 15.0. The molecule has 0 spiro atoms. The fourth-order valence-corrected chi connectivity index (χ4v) is 4.85. The molecule has 112 valence electrons. The lowest BCUT2D eigenvalue weighted by atomic mass is 10.0. The molecular formula is C19H10N4S. The van der Waals surface area contributed by atoms with Crippen LogP contribution < -0.4 is 0 Å². The van der Waals surface area contributed by atoms with Crippen LogP contribution in [0.4, 0.5) is 0 Å². The van der Waals surface area contributed by atoms with Crippen LogP contribution in [0.5, 0.6) is 0 Å². The fraction of sp³-hybridized carbons (Fsp3) is 0. The van der Waals surface area contributed by atoms with Crippen LogP contribution in [-0.2, 0) is 0 Å². The summed E-state index contributed by atoms with van der Waals surface area (Å²) in [5.41, 5.74) is 1.94. The van der Waals surface area contributed by atoms with Gasteiger partial charge < -0.3 is 0 Å². The van der Waals surface area contributed by atoms with E-state index in [9.17, 15) is 0 Å². The van der Waals surface area contributed by atoms with Crippen LogP contribution in [-0.4, -0.2) is 19.6 Å². The second-order valence-corrected chi connectivity index (χ2v) is 6.94. The molecule has 0 amide bonds. The van der Waals surface area contributed by atoms with Crippen LogP contribution in [0.2, 0.25) is 0 Å². The van der Waals surface area contributed by atoms with E-state index in [1.165, 1.54) is 36.3 Å². The van der Waals surface area contributed by atoms with Crippen molar-refractivity contribution in [1.82, 2.24) is 19.6 Å². The Morgan fingerprint density at radius 3 is 2.88 bits per heavy atom. The number of thiophene rings is 1. The van der Waals surface area contributed by atoms with Crippen molar-refractivity contribution >= 4 is 58.8 Å². The van der Waals surface area contributed by atoms with Crippen molar-refractivity contribution in [3.8, 4) is 0 Å². The van der Waals surface area contributed by atoms with Gasteiger partial charge in [0.1, 0.15) is 6.33 Å². The highest BCUT2D eigenvalue weighted by molar-refractivity contribution is 7.26. The predicted molar refractivity (Wildman–Crippen MR) is 98.7 cm³/mol. The Balaban J connectivity index is 2.06. The molecule has 0 unspecified atom stereocenters. The van der Waals surface area contributed by atoms with E-state index in [1.54, 1.807) is 17.7 Å². The minimum absolute atomic E-state index is 0.899. The average molecular weight is 326 g/mol. The minimum atomic E-state index is 0.899. The van der Waals surface area contributed by atoms with Crippen molar-refractivity contribution in [2.75, 3.05) is 0 Å².